The maximum Gasteiger partial charge on any atom is 0.123 e. The lowest BCUT2D eigenvalue weighted by molar-refractivity contribution is 0.0924. The zero-order chi connectivity index (χ0) is 15.6. The molecule has 3 atom stereocenters. The number of hydrogen-bond acceptors (Lipinski definition) is 4. The molecule has 5 heteroatoms. The predicted octanol–water partition coefficient (Wildman–Crippen LogP) is 2.74. The van der Waals surface area contributed by atoms with Crippen molar-refractivity contribution in [3.63, 3.8) is 0 Å². The maximum absolute atomic E-state index is 10.1. The van der Waals surface area contributed by atoms with Crippen LogP contribution < -0.4 is 9.47 Å². The van der Waals surface area contributed by atoms with Gasteiger partial charge in [-0.15, -0.1) is 0 Å². The molecule has 2 aliphatic rings. The Balaban J connectivity index is 1.39. The van der Waals surface area contributed by atoms with Gasteiger partial charge in [-0.1, -0.05) is 6.42 Å². The van der Waals surface area contributed by atoms with E-state index in [1.54, 1.807) is 12.5 Å². The van der Waals surface area contributed by atoms with Crippen LogP contribution in [0.3, 0.4) is 0 Å². The molecule has 5 nitrogen and oxygen atoms in total. The van der Waals surface area contributed by atoms with E-state index in [0.29, 0.717) is 18.6 Å². The van der Waals surface area contributed by atoms with E-state index in [9.17, 15) is 5.11 Å². The molecule has 3 unspecified atom stereocenters. The fraction of sp³-hybridized carbons (Fsp3) is 0.500. The maximum atomic E-state index is 10.1. The summed E-state index contributed by atoms with van der Waals surface area (Å²) in [7, 11) is 0. The Hall–Kier alpha value is -2.01. The van der Waals surface area contributed by atoms with Crippen LogP contribution in [0.25, 0.3) is 0 Å². The fourth-order valence-electron chi connectivity index (χ4n) is 3.65. The second-order valence-electron chi connectivity index (χ2n) is 6.47. The molecule has 2 aromatic rings. The largest absolute Gasteiger partial charge is 0.491 e. The van der Waals surface area contributed by atoms with Crippen molar-refractivity contribution in [2.24, 2.45) is 0 Å². The number of aromatic nitrogens is 2. The minimum absolute atomic E-state index is 0.270. The van der Waals surface area contributed by atoms with Crippen molar-refractivity contribution < 1.29 is 14.6 Å². The number of ether oxygens (including phenoxy) is 2. The highest BCUT2D eigenvalue weighted by Gasteiger charge is 2.36. The van der Waals surface area contributed by atoms with Crippen molar-refractivity contribution in [1.82, 2.24) is 9.55 Å². The molecule has 0 saturated heterocycles. The highest BCUT2D eigenvalue weighted by Crippen LogP contribution is 2.46. The van der Waals surface area contributed by atoms with Gasteiger partial charge in [0.15, 0.2) is 0 Å². The first kappa shape index (κ1) is 14.6. The van der Waals surface area contributed by atoms with E-state index in [0.717, 1.165) is 17.9 Å². The number of nitrogens with zero attached hydrogens (tertiary/aromatic N) is 2. The summed E-state index contributed by atoms with van der Waals surface area (Å²) in [6.07, 6.45) is 9.91. The lowest BCUT2D eigenvalue weighted by atomic mass is 9.83. The summed E-state index contributed by atoms with van der Waals surface area (Å²) in [5, 5.41) is 10.1. The summed E-state index contributed by atoms with van der Waals surface area (Å²) in [4.78, 5) is 3.97. The van der Waals surface area contributed by atoms with Gasteiger partial charge < -0.3 is 19.1 Å². The Morgan fingerprint density at radius 2 is 2.26 bits per heavy atom. The molecular weight excluding hydrogens is 292 g/mol. The number of rotatable bonds is 5. The number of imidazole rings is 1. The van der Waals surface area contributed by atoms with E-state index >= 15 is 0 Å². The smallest absolute Gasteiger partial charge is 0.123 e. The van der Waals surface area contributed by atoms with Gasteiger partial charge in [-0.2, -0.15) is 0 Å². The molecule has 0 spiro atoms. The van der Waals surface area contributed by atoms with E-state index < -0.39 is 6.10 Å². The predicted molar refractivity (Wildman–Crippen MR) is 85.8 cm³/mol. The third kappa shape index (κ3) is 3.06. The van der Waals surface area contributed by atoms with E-state index in [-0.39, 0.29) is 6.61 Å². The van der Waals surface area contributed by atoms with Crippen LogP contribution in [-0.2, 0) is 6.54 Å². The van der Waals surface area contributed by atoms with Gasteiger partial charge in [-0.25, -0.2) is 4.98 Å². The van der Waals surface area contributed by atoms with Gasteiger partial charge in [0.2, 0.25) is 0 Å². The number of aliphatic hydroxyl groups is 1. The van der Waals surface area contributed by atoms with Crippen LogP contribution in [-0.4, -0.2) is 33.5 Å². The molecule has 2 heterocycles. The summed E-state index contributed by atoms with van der Waals surface area (Å²) >= 11 is 0. The molecule has 0 amide bonds. The number of hydrogen-bond donors (Lipinski definition) is 1. The quantitative estimate of drug-likeness (QED) is 0.922. The zero-order valence-electron chi connectivity index (χ0n) is 13.1. The van der Waals surface area contributed by atoms with Crippen molar-refractivity contribution in [3.8, 4) is 11.5 Å². The SMILES string of the molecule is OC(COc1ccc2c(c1)C1CCCCC1O2)Cn1ccnc1. The first-order chi connectivity index (χ1) is 11.3. The molecule has 1 aliphatic carbocycles. The first-order valence-electron chi connectivity index (χ1n) is 8.37. The van der Waals surface area contributed by atoms with Crippen LogP contribution in [0, 0.1) is 0 Å². The molecule has 1 aromatic carbocycles. The number of benzene rings is 1. The molecule has 1 aromatic heterocycles. The third-order valence-corrected chi connectivity index (χ3v) is 4.78. The lowest BCUT2D eigenvalue weighted by Crippen LogP contribution is -2.23. The average molecular weight is 314 g/mol. The molecule has 23 heavy (non-hydrogen) atoms. The molecule has 1 aliphatic heterocycles. The summed E-state index contributed by atoms with van der Waals surface area (Å²) in [5.41, 5.74) is 1.27. The van der Waals surface area contributed by atoms with Crippen LogP contribution in [0.15, 0.2) is 36.9 Å². The molecule has 1 N–H and O–H groups in total. The van der Waals surface area contributed by atoms with Crippen LogP contribution in [0.1, 0.15) is 37.2 Å². The highest BCUT2D eigenvalue weighted by atomic mass is 16.5. The number of aliphatic hydroxyl groups excluding tert-OH is 1. The summed E-state index contributed by atoms with van der Waals surface area (Å²) in [6, 6.07) is 6.03. The lowest BCUT2D eigenvalue weighted by Gasteiger charge is -2.23. The minimum Gasteiger partial charge on any atom is -0.491 e. The molecule has 122 valence electrons. The van der Waals surface area contributed by atoms with Gasteiger partial charge in [0.1, 0.15) is 30.3 Å². The Bertz CT molecular complexity index is 656. The summed E-state index contributed by atoms with van der Waals surface area (Å²) < 4.78 is 13.7. The van der Waals surface area contributed by atoms with Crippen molar-refractivity contribution in [2.45, 2.75) is 50.4 Å². The van der Waals surface area contributed by atoms with Gasteiger partial charge in [-0.05, 0) is 37.5 Å². The standard InChI is InChI=1S/C18H22N2O3/c21-13(10-20-8-7-19-12-20)11-22-14-5-6-18-16(9-14)15-3-1-2-4-17(15)23-18/h5-9,12-13,15,17,21H,1-4,10-11H2. The van der Waals surface area contributed by atoms with Gasteiger partial charge in [0.25, 0.3) is 0 Å². The second kappa shape index (κ2) is 6.24. The van der Waals surface area contributed by atoms with Crippen molar-refractivity contribution >= 4 is 0 Å². The van der Waals surface area contributed by atoms with Gasteiger partial charge >= 0.3 is 0 Å². The monoisotopic (exact) mass is 314 g/mol. The Morgan fingerprint density at radius 3 is 3.13 bits per heavy atom. The van der Waals surface area contributed by atoms with Gasteiger partial charge in [-0.3, -0.25) is 0 Å². The van der Waals surface area contributed by atoms with E-state index in [4.69, 9.17) is 9.47 Å². The topological polar surface area (TPSA) is 56.5 Å². The Kier molecular flexibility index (Phi) is 3.95. The van der Waals surface area contributed by atoms with Crippen LogP contribution in [0.4, 0.5) is 0 Å². The molecule has 1 saturated carbocycles. The van der Waals surface area contributed by atoms with Crippen LogP contribution >= 0.6 is 0 Å². The highest BCUT2D eigenvalue weighted by molar-refractivity contribution is 5.46. The third-order valence-electron chi connectivity index (χ3n) is 4.78. The Labute approximate surface area is 135 Å². The Morgan fingerprint density at radius 1 is 1.35 bits per heavy atom. The summed E-state index contributed by atoms with van der Waals surface area (Å²) in [5.74, 6) is 2.33. The second-order valence-corrected chi connectivity index (χ2v) is 6.47. The van der Waals surface area contributed by atoms with Gasteiger partial charge in [0, 0.05) is 23.9 Å². The van der Waals surface area contributed by atoms with Crippen LogP contribution in [0.5, 0.6) is 11.5 Å². The molecule has 4 rings (SSSR count). The average Bonchev–Trinajstić information content (AvgIpc) is 3.20. The van der Waals surface area contributed by atoms with Crippen molar-refractivity contribution in [1.29, 1.82) is 0 Å². The van der Waals surface area contributed by atoms with Crippen LogP contribution in [0.2, 0.25) is 0 Å². The van der Waals surface area contributed by atoms with Crippen molar-refractivity contribution in [3.05, 3.63) is 42.5 Å². The van der Waals surface area contributed by atoms with Crippen molar-refractivity contribution in [2.75, 3.05) is 6.61 Å². The minimum atomic E-state index is -0.559. The fourth-order valence-corrected chi connectivity index (χ4v) is 3.65. The van der Waals surface area contributed by atoms with E-state index in [1.807, 2.05) is 22.9 Å². The molecule has 1 fully saturated rings. The van der Waals surface area contributed by atoms with E-state index in [1.165, 1.54) is 24.8 Å². The van der Waals surface area contributed by atoms with E-state index in [2.05, 4.69) is 11.1 Å². The molecule has 0 radical (unpaired) electrons. The van der Waals surface area contributed by atoms with Gasteiger partial charge in [0.05, 0.1) is 12.9 Å². The number of fused-ring (bicyclic) bond motifs is 3. The first-order valence-corrected chi connectivity index (χ1v) is 8.37. The molecule has 0 bridgehead atoms. The summed E-state index contributed by atoms with van der Waals surface area (Å²) in [6.45, 7) is 0.755. The zero-order valence-corrected chi connectivity index (χ0v) is 13.1. The normalized spacial score (nSPS) is 23.7. The molecular formula is C18H22N2O3.